The smallest absolute Gasteiger partial charge is 0.326 e. The number of carboxylic acid groups (broad SMARTS) is 1. The predicted molar refractivity (Wildman–Crippen MR) is 131 cm³/mol. The molecule has 3 atom stereocenters. The molecule has 10 heteroatoms. The number of aromatic nitrogens is 2. The van der Waals surface area contributed by atoms with Crippen LogP contribution >= 0.6 is 0 Å². The van der Waals surface area contributed by atoms with E-state index in [0.717, 1.165) is 32.9 Å². The second-order valence-electron chi connectivity index (χ2n) is 8.38. The van der Waals surface area contributed by atoms with E-state index in [2.05, 4.69) is 20.6 Å². The first-order valence-electron chi connectivity index (χ1n) is 11.2. The van der Waals surface area contributed by atoms with Gasteiger partial charge in [0, 0.05) is 47.0 Å². The summed E-state index contributed by atoms with van der Waals surface area (Å²) in [6.45, 7) is -0.592. The molecule has 0 radical (unpaired) electrons. The molecule has 0 aliphatic heterocycles. The Morgan fingerprint density at radius 2 is 1.29 bits per heavy atom. The first-order valence-corrected chi connectivity index (χ1v) is 11.2. The summed E-state index contributed by atoms with van der Waals surface area (Å²) in [4.78, 5) is 43.9. The van der Waals surface area contributed by atoms with Gasteiger partial charge in [-0.15, -0.1) is 0 Å². The first-order chi connectivity index (χ1) is 16.9. The third kappa shape index (κ3) is 5.34. The van der Waals surface area contributed by atoms with Crippen LogP contribution in [0.2, 0.25) is 0 Å². The lowest BCUT2D eigenvalue weighted by Crippen LogP contribution is -2.56. The van der Waals surface area contributed by atoms with Crippen molar-refractivity contribution in [2.24, 2.45) is 5.73 Å². The largest absolute Gasteiger partial charge is 0.480 e. The molecule has 0 fully saturated rings. The highest BCUT2D eigenvalue weighted by molar-refractivity contribution is 5.93. The summed E-state index contributed by atoms with van der Waals surface area (Å²) in [7, 11) is 0. The van der Waals surface area contributed by atoms with Crippen LogP contribution in [0, 0.1) is 0 Å². The van der Waals surface area contributed by atoms with E-state index in [0.29, 0.717) is 0 Å². The van der Waals surface area contributed by atoms with Crippen LogP contribution in [-0.2, 0) is 27.2 Å². The summed E-state index contributed by atoms with van der Waals surface area (Å²) in [5.41, 5.74) is 8.86. The molecule has 0 saturated heterocycles. The number of benzene rings is 2. The zero-order valence-electron chi connectivity index (χ0n) is 18.8. The molecule has 182 valence electrons. The van der Waals surface area contributed by atoms with Crippen molar-refractivity contribution in [1.29, 1.82) is 0 Å². The highest BCUT2D eigenvalue weighted by Gasteiger charge is 2.29. The zero-order chi connectivity index (χ0) is 24.9. The lowest BCUT2D eigenvalue weighted by atomic mass is 10.0. The van der Waals surface area contributed by atoms with E-state index in [-0.39, 0.29) is 12.8 Å². The summed E-state index contributed by atoms with van der Waals surface area (Å²) < 4.78 is 0. The van der Waals surface area contributed by atoms with Crippen LogP contribution < -0.4 is 16.4 Å². The number of carbonyl (C=O) groups is 3. The number of carboxylic acids is 1. The van der Waals surface area contributed by atoms with Crippen molar-refractivity contribution >= 4 is 39.6 Å². The minimum Gasteiger partial charge on any atom is -0.480 e. The van der Waals surface area contributed by atoms with E-state index >= 15 is 0 Å². The molecule has 10 nitrogen and oxygen atoms in total. The number of nitrogens with two attached hydrogens (primary N) is 1. The molecule has 4 rings (SSSR count). The van der Waals surface area contributed by atoms with E-state index in [1.54, 1.807) is 12.4 Å². The molecule has 0 aliphatic carbocycles. The van der Waals surface area contributed by atoms with E-state index in [1.807, 2.05) is 48.5 Å². The van der Waals surface area contributed by atoms with Gasteiger partial charge in [-0.3, -0.25) is 9.59 Å². The Balaban J connectivity index is 1.56. The lowest BCUT2D eigenvalue weighted by molar-refractivity contribution is -0.142. The minimum absolute atomic E-state index is 0.0506. The van der Waals surface area contributed by atoms with E-state index < -0.39 is 42.5 Å². The van der Waals surface area contributed by atoms with Crippen molar-refractivity contribution in [2.75, 3.05) is 6.61 Å². The second-order valence-corrected chi connectivity index (χ2v) is 8.38. The second kappa shape index (κ2) is 10.4. The number of amides is 2. The van der Waals surface area contributed by atoms with Gasteiger partial charge in [-0.2, -0.15) is 0 Å². The van der Waals surface area contributed by atoms with Gasteiger partial charge in [0.15, 0.2) is 0 Å². The monoisotopic (exact) mass is 477 g/mol. The van der Waals surface area contributed by atoms with Gasteiger partial charge in [-0.1, -0.05) is 36.4 Å². The van der Waals surface area contributed by atoms with Crippen LogP contribution in [-0.4, -0.2) is 62.7 Å². The third-order valence-corrected chi connectivity index (χ3v) is 5.98. The number of aliphatic hydroxyl groups excluding tert-OH is 1. The fourth-order valence-electron chi connectivity index (χ4n) is 4.08. The average Bonchev–Trinajstić information content (AvgIpc) is 3.46. The molecule has 2 aromatic carbocycles. The predicted octanol–water partition coefficient (Wildman–Crippen LogP) is 0.808. The molecular weight excluding hydrogens is 450 g/mol. The topological polar surface area (TPSA) is 173 Å². The SMILES string of the molecule is N[C@@H](CO)C(=O)N[C@@H](Cc1c[nH]c2ccccc12)C(=O)N[C@@H](Cc1c[nH]c2ccccc12)C(=O)O. The molecule has 2 aromatic heterocycles. The van der Waals surface area contributed by atoms with Gasteiger partial charge in [-0.05, 0) is 23.3 Å². The third-order valence-electron chi connectivity index (χ3n) is 5.98. The van der Waals surface area contributed by atoms with Gasteiger partial charge < -0.3 is 36.5 Å². The normalized spacial score (nSPS) is 13.9. The van der Waals surface area contributed by atoms with Crippen LogP contribution in [0.1, 0.15) is 11.1 Å². The fraction of sp³-hybridized carbons (Fsp3) is 0.240. The maximum absolute atomic E-state index is 13.2. The molecule has 0 bridgehead atoms. The molecule has 0 aliphatic rings. The Labute approximate surface area is 200 Å². The van der Waals surface area contributed by atoms with Crippen LogP contribution in [0.25, 0.3) is 21.8 Å². The Hall–Kier alpha value is -4.15. The number of para-hydroxylation sites is 2. The van der Waals surface area contributed by atoms with Crippen molar-refractivity contribution in [3.05, 3.63) is 72.1 Å². The summed E-state index contributed by atoms with van der Waals surface area (Å²) in [6, 6.07) is 11.4. The Bertz CT molecular complexity index is 1360. The van der Waals surface area contributed by atoms with E-state index in [9.17, 15) is 24.6 Å². The van der Waals surface area contributed by atoms with Crippen LogP contribution in [0.3, 0.4) is 0 Å². The Morgan fingerprint density at radius 3 is 1.80 bits per heavy atom. The van der Waals surface area contributed by atoms with Gasteiger partial charge >= 0.3 is 5.97 Å². The minimum atomic E-state index is -1.23. The maximum Gasteiger partial charge on any atom is 0.326 e. The number of H-pyrrole nitrogens is 2. The van der Waals surface area contributed by atoms with Crippen molar-refractivity contribution < 1.29 is 24.6 Å². The average molecular weight is 478 g/mol. The molecule has 4 aromatic rings. The van der Waals surface area contributed by atoms with Crippen molar-refractivity contribution in [1.82, 2.24) is 20.6 Å². The summed E-state index contributed by atoms with van der Waals surface area (Å²) in [5.74, 6) is -2.58. The standard InChI is InChI=1S/C25H27N5O5/c26-18(13-31)23(32)29-21(9-14-11-27-19-7-3-1-5-16(14)19)24(33)30-22(25(34)35)10-15-12-28-20-8-4-2-6-17(15)20/h1-8,11-12,18,21-22,27-28,31H,9-10,13,26H2,(H,29,32)(H,30,33)(H,34,35)/t18-,21-,22-/m0/s1. The number of rotatable bonds is 10. The molecule has 2 amide bonds. The van der Waals surface area contributed by atoms with E-state index in [1.165, 1.54) is 0 Å². The summed E-state index contributed by atoms with van der Waals surface area (Å²) >= 11 is 0. The van der Waals surface area contributed by atoms with Gasteiger partial charge in [0.05, 0.1) is 6.61 Å². The van der Waals surface area contributed by atoms with Crippen LogP contribution in [0.15, 0.2) is 60.9 Å². The number of aliphatic carboxylic acids is 1. The van der Waals surface area contributed by atoms with Crippen molar-refractivity contribution in [3.63, 3.8) is 0 Å². The maximum atomic E-state index is 13.2. The number of carbonyl (C=O) groups excluding carboxylic acids is 2. The van der Waals surface area contributed by atoms with Crippen LogP contribution in [0.5, 0.6) is 0 Å². The summed E-state index contributed by atoms with van der Waals surface area (Å²) in [5, 5.41) is 25.9. The first kappa shape index (κ1) is 24.0. The Morgan fingerprint density at radius 1 is 0.800 bits per heavy atom. The molecule has 2 heterocycles. The van der Waals surface area contributed by atoms with Crippen LogP contribution in [0.4, 0.5) is 0 Å². The number of aliphatic hydroxyl groups is 1. The molecule has 35 heavy (non-hydrogen) atoms. The number of fused-ring (bicyclic) bond motifs is 2. The molecule has 0 spiro atoms. The highest BCUT2D eigenvalue weighted by atomic mass is 16.4. The molecule has 0 unspecified atom stereocenters. The summed E-state index contributed by atoms with van der Waals surface area (Å²) in [6.07, 6.45) is 3.61. The Kier molecular flexibility index (Phi) is 7.14. The van der Waals surface area contributed by atoms with E-state index in [4.69, 9.17) is 5.73 Å². The fourth-order valence-corrected chi connectivity index (χ4v) is 4.08. The molecule has 0 saturated carbocycles. The van der Waals surface area contributed by atoms with Crippen molar-refractivity contribution in [2.45, 2.75) is 31.0 Å². The van der Waals surface area contributed by atoms with Gasteiger partial charge in [-0.25, -0.2) is 4.79 Å². The van der Waals surface area contributed by atoms with Crippen molar-refractivity contribution in [3.8, 4) is 0 Å². The number of aromatic amines is 2. The van der Waals surface area contributed by atoms with Gasteiger partial charge in [0.1, 0.15) is 18.1 Å². The lowest BCUT2D eigenvalue weighted by Gasteiger charge is -2.22. The highest BCUT2D eigenvalue weighted by Crippen LogP contribution is 2.21. The van der Waals surface area contributed by atoms with Gasteiger partial charge in [0.25, 0.3) is 0 Å². The number of hydrogen-bond acceptors (Lipinski definition) is 5. The zero-order valence-corrected chi connectivity index (χ0v) is 18.8. The molecular formula is C25H27N5O5. The van der Waals surface area contributed by atoms with Gasteiger partial charge in [0.2, 0.25) is 11.8 Å². The quantitative estimate of drug-likeness (QED) is 0.178. The number of hydrogen-bond donors (Lipinski definition) is 7. The number of nitrogens with one attached hydrogen (secondary N) is 4. The molecule has 8 N–H and O–H groups in total.